The minimum absolute atomic E-state index is 0.207. The molecule has 0 bridgehead atoms. The molecule has 1 saturated carbocycles. The lowest BCUT2D eigenvalue weighted by atomic mass is 9.83. The van der Waals surface area contributed by atoms with Crippen LogP contribution in [0.3, 0.4) is 0 Å². The monoisotopic (exact) mass is 241 g/mol. The molecule has 0 unspecified atom stereocenters. The number of rotatable bonds is 5. The second-order valence-corrected chi connectivity index (χ2v) is 4.92. The molecule has 1 aromatic rings. The minimum atomic E-state index is -0.347. The highest BCUT2D eigenvalue weighted by Crippen LogP contribution is 2.28. The molecule has 0 atom stereocenters. The Morgan fingerprint density at radius 1 is 1.38 bits per heavy atom. The molecule has 1 aromatic carbocycles. The summed E-state index contributed by atoms with van der Waals surface area (Å²) < 4.78 is 12.9. The van der Waals surface area contributed by atoms with E-state index in [9.17, 15) is 4.39 Å². The lowest BCUT2D eigenvalue weighted by Gasteiger charge is -2.25. The topological polar surface area (TPSA) is 12.0 Å². The van der Waals surface area contributed by atoms with Crippen LogP contribution in [-0.4, -0.2) is 6.54 Å². The average molecular weight is 242 g/mol. The summed E-state index contributed by atoms with van der Waals surface area (Å²) in [5, 5.41) is 3.57. The van der Waals surface area contributed by atoms with Gasteiger partial charge in [-0.25, -0.2) is 4.39 Å². The van der Waals surface area contributed by atoms with Gasteiger partial charge >= 0.3 is 0 Å². The van der Waals surface area contributed by atoms with Crippen molar-refractivity contribution >= 4 is 11.6 Å². The highest BCUT2D eigenvalue weighted by atomic mass is 35.5. The fourth-order valence-corrected chi connectivity index (χ4v) is 2.17. The van der Waals surface area contributed by atoms with E-state index in [2.05, 4.69) is 5.32 Å². The number of hydrogen-bond acceptors (Lipinski definition) is 1. The smallest absolute Gasteiger partial charge is 0.141 e. The zero-order valence-corrected chi connectivity index (χ0v) is 10.1. The van der Waals surface area contributed by atoms with E-state index in [1.54, 1.807) is 12.1 Å². The molecule has 0 saturated heterocycles. The van der Waals surface area contributed by atoms with Gasteiger partial charge in [0.25, 0.3) is 0 Å². The van der Waals surface area contributed by atoms with Gasteiger partial charge in [0.2, 0.25) is 0 Å². The third-order valence-corrected chi connectivity index (χ3v) is 3.56. The fraction of sp³-hybridized carbons (Fsp3) is 0.538. The first-order valence-corrected chi connectivity index (χ1v) is 6.28. The molecule has 0 aromatic heterocycles. The van der Waals surface area contributed by atoms with E-state index in [0.29, 0.717) is 0 Å². The quantitative estimate of drug-likeness (QED) is 0.774. The van der Waals surface area contributed by atoms with Crippen molar-refractivity contribution in [3.05, 3.63) is 34.6 Å². The molecular formula is C13H17ClFN. The van der Waals surface area contributed by atoms with Crippen LogP contribution in [0, 0.1) is 11.7 Å². The molecule has 1 aliphatic carbocycles. The SMILES string of the molecule is Fc1ccc(CNCCC2CCC2)cc1Cl. The Labute approximate surface area is 101 Å². The summed E-state index contributed by atoms with van der Waals surface area (Å²) in [6.45, 7) is 1.81. The third kappa shape index (κ3) is 3.19. The molecule has 16 heavy (non-hydrogen) atoms. The molecule has 1 aliphatic rings. The van der Waals surface area contributed by atoms with Crippen LogP contribution in [0.25, 0.3) is 0 Å². The standard InChI is InChI=1S/C13H17ClFN/c14-12-8-11(4-5-13(12)15)9-16-7-6-10-2-1-3-10/h4-5,8,10,16H,1-3,6-7,9H2. The zero-order chi connectivity index (χ0) is 11.4. The van der Waals surface area contributed by atoms with E-state index < -0.39 is 0 Å². The Kier molecular flexibility index (Phi) is 4.19. The first-order valence-electron chi connectivity index (χ1n) is 5.90. The molecule has 0 aliphatic heterocycles. The number of benzene rings is 1. The first kappa shape index (κ1) is 11.9. The van der Waals surface area contributed by atoms with Crippen LogP contribution in [0.4, 0.5) is 4.39 Å². The van der Waals surface area contributed by atoms with Crippen molar-refractivity contribution in [2.45, 2.75) is 32.2 Å². The van der Waals surface area contributed by atoms with E-state index in [4.69, 9.17) is 11.6 Å². The first-order chi connectivity index (χ1) is 7.75. The Bertz CT molecular complexity index is 350. The maximum absolute atomic E-state index is 12.9. The molecule has 0 spiro atoms. The fourth-order valence-electron chi connectivity index (χ4n) is 1.97. The molecule has 3 heteroatoms. The predicted octanol–water partition coefficient (Wildman–Crippen LogP) is 3.76. The Morgan fingerprint density at radius 3 is 2.81 bits per heavy atom. The van der Waals surface area contributed by atoms with E-state index >= 15 is 0 Å². The van der Waals surface area contributed by atoms with Gasteiger partial charge in [0.15, 0.2) is 0 Å². The molecule has 2 rings (SSSR count). The molecule has 88 valence electrons. The summed E-state index contributed by atoms with van der Waals surface area (Å²) in [7, 11) is 0. The molecule has 1 fully saturated rings. The molecular weight excluding hydrogens is 225 g/mol. The predicted molar refractivity (Wildman–Crippen MR) is 65.1 cm³/mol. The summed E-state index contributed by atoms with van der Waals surface area (Å²) in [6.07, 6.45) is 5.45. The summed E-state index contributed by atoms with van der Waals surface area (Å²) >= 11 is 5.71. The molecule has 1 nitrogen and oxygen atoms in total. The maximum atomic E-state index is 12.9. The van der Waals surface area contributed by atoms with Crippen LogP contribution >= 0.6 is 11.6 Å². The van der Waals surface area contributed by atoms with E-state index in [-0.39, 0.29) is 10.8 Å². The summed E-state index contributed by atoms with van der Waals surface area (Å²) in [6, 6.07) is 4.88. The van der Waals surface area contributed by atoms with Gasteiger partial charge in [0.1, 0.15) is 5.82 Å². The largest absolute Gasteiger partial charge is 0.313 e. The van der Waals surface area contributed by atoms with E-state index in [1.807, 2.05) is 0 Å². The molecule has 0 heterocycles. The molecule has 1 N–H and O–H groups in total. The van der Waals surface area contributed by atoms with Crippen LogP contribution in [-0.2, 0) is 6.54 Å². The maximum Gasteiger partial charge on any atom is 0.141 e. The third-order valence-electron chi connectivity index (χ3n) is 3.27. The minimum Gasteiger partial charge on any atom is -0.313 e. The van der Waals surface area contributed by atoms with Crippen molar-refractivity contribution in [1.82, 2.24) is 5.32 Å². The van der Waals surface area contributed by atoms with Crippen LogP contribution in [0.2, 0.25) is 5.02 Å². The second-order valence-electron chi connectivity index (χ2n) is 4.51. The highest BCUT2D eigenvalue weighted by Gasteiger charge is 2.16. The van der Waals surface area contributed by atoms with Crippen molar-refractivity contribution in [2.75, 3.05) is 6.54 Å². The number of hydrogen-bond donors (Lipinski definition) is 1. The van der Waals surface area contributed by atoms with Gasteiger partial charge in [0, 0.05) is 6.54 Å². The van der Waals surface area contributed by atoms with E-state index in [1.165, 1.54) is 31.7 Å². The Balaban J connectivity index is 1.69. The van der Waals surface area contributed by atoms with Gasteiger partial charge in [-0.15, -0.1) is 0 Å². The van der Waals surface area contributed by atoms with Crippen molar-refractivity contribution < 1.29 is 4.39 Å². The zero-order valence-electron chi connectivity index (χ0n) is 9.31. The van der Waals surface area contributed by atoms with Gasteiger partial charge in [0.05, 0.1) is 5.02 Å². The number of halogens is 2. The Morgan fingerprint density at radius 2 is 2.19 bits per heavy atom. The van der Waals surface area contributed by atoms with Crippen LogP contribution in [0.1, 0.15) is 31.2 Å². The average Bonchev–Trinajstić information content (AvgIpc) is 2.20. The van der Waals surface area contributed by atoms with E-state index in [0.717, 1.165) is 24.6 Å². The van der Waals surface area contributed by atoms with Gasteiger partial charge in [-0.2, -0.15) is 0 Å². The van der Waals surface area contributed by atoms with Crippen molar-refractivity contribution in [3.63, 3.8) is 0 Å². The van der Waals surface area contributed by atoms with Gasteiger partial charge in [-0.05, 0) is 36.6 Å². The lowest BCUT2D eigenvalue weighted by Crippen LogP contribution is -2.21. The van der Waals surface area contributed by atoms with Crippen molar-refractivity contribution in [3.8, 4) is 0 Å². The Hall–Kier alpha value is -0.600. The van der Waals surface area contributed by atoms with Gasteiger partial charge in [-0.1, -0.05) is 36.9 Å². The molecule has 0 radical (unpaired) electrons. The van der Waals surface area contributed by atoms with Crippen molar-refractivity contribution in [2.24, 2.45) is 5.92 Å². The summed E-state index contributed by atoms with van der Waals surface area (Å²) in [5.41, 5.74) is 1.04. The summed E-state index contributed by atoms with van der Waals surface area (Å²) in [4.78, 5) is 0. The summed E-state index contributed by atoms with van der Waals surface area (Å²) in [5.74, 6) is 0.587. The van der Waals surface area contributed by atoms with Crippen LogP contribution in [0.15, 0.2) is 18.2 Å². The highest BCUT2D eigenvalue weighted by molar-refractivity contribution is 6.30. The van der Waals surface area contributed by atoms with Crippen LogP contribution < -0.4 is 5.32 Å². The number of nitrogens with one attached hydrogen (secondary N) is 1. The van der Waals surface area contributed by atoms with Gasteiger partial charge in [-0.3, -0.25) is 0 Å². The normalized spacial score (nSPS) is 16.1. The lowest BCUT2D eigenvalue weighted by molar-refractivity contribution is 0.292. The molecule has 0 amide bonds. The van der Waals surface area contributed by atoms with Crippen LogP contribution in [0.5, 0.6) is 0 Å². The second kappa shape index (κ2) is 5.65. The van der Waals surface area contributed by atoms with Crippen molar-refractivity contribution in [1.29, 1.82) is 0 Å². The van der Waals surface area contributed by atoms with Gasteiger partial charge < -0.3 is 5.32 Å².